The van der Waals surface area contributed by atoms with E-state index in [0.717, 1.165) is 5.69 Å². The van der Waals surface area contributed by atoms with Gasteiger partial charge in [0, 0.05) is 12.2 Å². The number of benzene rings is 1. The van der Waals surface area contributed by atoms with E-state index >= 15 is 0 Å². The smallest absolute Gasteiger partial charge is 0.313 e. The van der Waals surface area contributed by atoms with Crippen molar-refractivity contribution in [1.82, 2.24) is 0 Å². The van der Waals surface area contributed by atoms with Crippen LogP contribution >= 0.6 is 0 Å². The number of esters is 1. The Balaban J connectivity index is 2.67. The van der Waals surface area contributed by atoms with Crippen LogP contribution in [0.2, 0.25) is 0 Å². The Labute approximate surface area is 103 Å². The van der Waals surface area contributed by atoms with E-state index in [0.29, 0.717) is 6.54 Å². The summed E-state index contributed by atoms with van der Waals surface area (Å²) in [5.74, 6) is -0.200. The van der Waals surface area contributed by atoms with Crippen molar-refractivity contribution in [3.8, 4) is 0 Å². The number of carbonyl (C=O) groups excluding carboxylic acids is 1. The van der Waals surface area contributed by atoms with Crippen LogP contribution in [0.1, 0.15) is 25.0 Å². The number of aryl methyl sites for hydroxylation is 2. The quantitative estimate of drug-likeness (QED) is 0.815. The molecule has 17 heavy (non-hydrogen) atoms. The third kappa shape index (κ3) is 3.48. The van der Waals surface area contributed by atoms with Crippen LogP contribution in [0.15, 0.2) is 18.2 Å². The number of anilines is 1. The Bertz CT molecular complexity index is 411. The van der Waals surface area contributed by atoms with Gasteiger partial charge in [-0.05, 0) is 51.0 Å². The van der Waals surface area contributed by atoms with Gasteiger partial charge < -0.3 is 10.1 Å². The minimum absolute atomic E-state index is 0.200. The molecule has 0 heterocycles. The van der Waals surface area contributed by atoms with E-state index in [-0.39, 0.29) is 5.97 Å². The lowest BCUT2D eigenvalue weighted by atomic mass is 9.93. The highest BCUT2D eigenvalue weighted by atomic mass is 16.5. The molecule has 3 heteroatoms. The fraction of sp³-hybridized carbons (Fsp3) is 0.500. The van der Waals surface area contributed by atoms with Crippen LogP contribution in [-0.4, -0.2) is 19.6 Å². The molecule has 1 aromatic carbocycles. The van der Waals surface area contributed by atoms with Gasteiger partial charge in [-0.2, -0.15) is 0 Å². The second-order valence-corrected chi connectivity index (χ2v) is 5.03. The molecule has 0 unspecified atom stereocenters. The number of hydrogen-bond acceptors (Lipinski definition) is 3. The molecule has 1 aromatic rings. The number of carbonyl (C=O) groups is 1. The second-order valence-electron chi connectivity index (χ2n) is 5.03. The van der Waals surface area contributed by atoms with Crippen LogP contribution in [0.25, 0.3) is 0 Å². The van der Waals surface area contributed by atoms with Crippen molar-refractivity contribution < 1.29 is 9.53 Å². The highest BCUT2D eigenvalue weighted by Gasteiger charge is 2.28. The van der Waals surface area contributed by atoms with Gasteiger partial charge in [-0.3, -0.25) is 4.79 Å². The fourth-order valence-electron chi connectivity index (χ4n) is 1.52. The summed E-state index contributed by atoms with van der Waals surface area (Å²) in [5, 5.41) is 3.27. The van der Waals surface area contributed by atoms with Crippen LogP contribution in [0, 0.1) is 19.3 Å². The highest BCUT2D eigenvalue weighted by Crippen LogP contribution is 2.20. The normalized spacial score (nSPS) is 11.1. The molecule has 0 radical (unpaired) electrons. The first-order valence-corrected chi connectivity index (χ1v) is 5.76. The average molecular weight is 235 g/mol. The minimum Gasteiger partial charge on any atom is -0.469 e. The van der Waals surface area contributed by atoms with Crippen molar-refractivity contribution in [3.05, 3.63) is 29.3 Å². The molecule has 0 atom stereocenters. The van der Waals surface area contributed by atoms with Crippen molar-refractivity contribution in [3.63, 3.8) is 0 Å². The molecule has 1 rings (SSSR count). The third-order valence-corrected chi connectivity index (χ3v) is 2.98. The summed E-state index contributed by atoms with van der Waals surface area (Å²) in [4.78, 5) is 11.5. The van der Waals surface area contributed by atoms with Gasteiger partial charge in [0.2, 0.25) is 0 Å². The summed E-state index contributed by atoms with van der Waals surface area (Å²) < 4.78 is 4.77. The third-order valence-electron chi connectivity index (χ3n) is 2.98. The molecule has 0 aliphatic carbocycles. The highest BCUT2D eigenvalue weighted by molar-refractivity contribution is 5.76. The van der Waals surface area contributed by atoms with Gasteiger partial charge >= 0.3 is 5.97 Å². The topological polar surface area (TPSA) is 38.3 Å². The summed E-state index contributed by atoms with van der Waals surface area (Å²) in [5.41, 5.74) is 3.02. The molecule has 0 aliphatic heterocycles. The molecule has 0 saturated carbocycles. The molecular formula is C14H21NO2. The van der Waals surface area contributed by atoms with E-state index in [1.807, 2.05) is 19.9 Å². The number of methoxy groups -OCH3 is 1. The lowest BCUT2D eigenvalue weighted by Gasteiger charge is -2.22. The van der Waals surface area contributed by atoms with Crippen LogP contribution in [0.3, 0.4) is 0 Å². The van der Waals surface area contributed by atoms with Gasteiger partial charge in [-0.15, -0.1) is 0 Å². The Morgan fingerprint density at radius 3 is 2.47 bits per heavy atom. The van der Waals surface area contributed by atoms with E-state index in [1.165, 1.54) is 18.2 Å². The molecule has 0 saturated heterocycles. The van der Waals surface area contributed by atoms with Crippen LogP contribution < -0.4 is 5.32 Å². The molecule has 0 aromatic heterocycles. The first-order chi connectivity index (χ1) is 7.86. The largest absolute Gasteiger partial charge is 0.469 e. The van der Waals surface area contributed by atoms with Crippen molar-refractivity contribution in [2.24, 2.45) is 5.41 Å². The van der Waals surface area contributed by atoms with E-state index in [4.69, 9.17) is 4.74 Å². The van der Waals surface area contributed by atoms with Gasteiger partial charge in [0.1, 0.15) is 0 Å². The molecule has 3 nitrogen and oxygen atoms in total. The maximum absolute atomic E-state index is 11.5. The summed E-state index contributed by atoms with van der Waals surface area (Å²) in [6.45, 7) is 8.45. The summed E-state index contributed by atoms with van der Waals surface area (Å²) in [7, 11) is 1.42. The first-order valence-electron chi connectivity index (χ1n) is 5.76. The lowest BCUT2D eigenvalue weighted by molar-refractivity contribution is -0.149. The van der Waals surface area contributed by atoms with Crippen molar-refractivity contribution in [2.75, 3.05) is 19.0 Å². The predicted octanol–water partition coefficient (Wildman–Crippen LogP) is 2.91. The maximum Gasteiger partial charge on any atom is 0.313 e. The number of rotatable bonds is 4. The summed E-state index contributed by atoms with van der Waals surface area (Å²) in [6.07, 6.45) is 0. The maximum atomic E-state index is 11.5. The Hall–Kier alpha value is -1.51. The van der Waals surface area contributed by atoms with Gasteiger partial charge in [-0.1, -0.05) is 6.07 Å². The zero-order valence-corrected chi connectivity index (χ0v) is 11.3. The Morgan fingerprint density at radius 2 is 1.94 bits per heavy atom. The zero-order chi connectivity index (χ0) is 13.1. The molecule has 0 bridgehead atoms. The SMILES string of the molecule is COC(=O)C(C)(C)CNc1ccc(C)c(C)c1. The summed E-state index contributed by atoms with van der Waals surface area (Å²) >= 11 is 0. The average Bonchev–Trinajstić information content (AvgIpc) is 2.29. The minimum atomic E-state index is -0.520. The summed E-state index contributed by atoms with van der Waals surface area (Å²) in [6, 6.07) is 6.18. The number of nitrogens with one attached hydrogen (secondary N) is 1. The number of hydrogen-bond donors (Lipinski definition) is 1. The van der Waals surface area contributed by atoms with Crippen molar-refractivity contribution in [1.29, 1.82) is 0 Å². The number of ether oxygens (including phenoxy) is 1. The van der Waals surface area contributed by atoms with Crippen LogP contribution in [-0.2, 0) is 9.53 Å². The second kappa shape index (κ2) is 5.21. The van der Waals surface area contributed by atoms with Gasteiger partial charge in [0.15, 0.2) is 0 Å². The molecule has 94 valence electrons. The fourth-order valence-corrected chi connectivity index (χ4v) is 1.52. The zero-order valence-electron chi connectivity index (χ0n) is 11.3. The standard InChI is InChI=1S/C14H21NO2/c1-10-6-7-12(8-11(10)2)15-9-14(3,4)13(16)17-5/h6-8,15H,9H2,1-5H3. The lowest BCUT2D eigenvalue weighted by Crippen LogP contribution is -2.33. The van der Waals surface area contributed by atoms with E-state index in [1.54, 1.807) is 0 Å². The predicted molar refractivity (Wildman–Crippen MR) is 70.2 cm³/mol. The van der Waals surface area contributed by atoms with Crippen molar-refractivity contribution >= 4 is 11.7 Å². The van der Waals surface area contributed by atoms with E-state index < -0.39 is 5.41 Å². The van der Waals surface area contributed by atoms with Crippen molar-refractivity contribution in [2.45, 2.75) is 27.7 Å². The van der Waals surface area contributed by atoms with Gasteiger partial charge in [-0.25, -0.2) is 0 Å². The monoisotopic (exact) mass is 235 g/mol. The first kappa shape index (κ1) is 13.6. The van der Waals surface area contributed by atoms with E-state index in [9.17, 15) is 4.79 Å². The van der Waals surface area contributed by atoms with Crippen LogP contribution in [0.5, 0.6) is 0 Å². The van der Waals surface area contributed by atoms with Gasteiger partial charge in [0.25, 0.3) is 0 Å². The Kier molecular flexibility index (Phi) is 4.16. The molecule has 0 amide bonds. The van der Waals surface area contributed by atoms with Gasteiger partial charge in [0.05, 0.1) is 12.5 Å². The molecule has 1 N–H and O–H groups in total. The molecule has 0 spiro atoms. The molecule has 0 aliphatic rings. The molecule has 0 fully saturated rings. The molecular weight excluding hydrogens is 214 g/mol. The van der Waals surface area contributed by atoms with Crippen LogP contribution in [0.4, 0.5) is 5.69 Å². The Morgan fingerprint density at radius 1 is 1.29 bits per heavy atom. The van der Waals surface area contributed by atoms with E-state index in [2.05, 4.69) is 31.3 Å².